The van der Waals surface area contributed by atoms with Gasteiger partial charge >= 0.3 is 0 Å². The molecule has 0 radical (unpaired) electrons. The van der Waals surface area contributed by atoms with Gasteiger partial charge in [0.25, 0.3) is 11.8 Å². The fourth-order valence-electron chi connectivity index (χ4n) is 2.15. The second-order valence-electron chi connectivity index (χ2n) is 5.09. The number of amides is 2. The summed E-state index contributed by atoms with van der Waals surface area (Å²) in [6.45, 7) is -0.293. The van der Waals surface area contributed by atoms with Crippen LogP contribution in [0.1, 0.15) is 15.9 Å². The molecule has 0 saturated carbocycles. The van der Waals surface area contributed by atoms with Crippen LogP contribution in [-0.2, 0) is 4.79 Å². The molecule has 0 saturated heterocycles. The van der Waals surface area contributed by atoms with E-state index >= 15 is 0 Å². The SMILES string of the molecule is COc1cc(NC(=O)COc2ccc(C#N)cc2)c(C(N)=O)cc1OC. The fraction of sp³-hybridized carbons (Fsp3) is 0.167. The van der Waals surface area contributed by atoms with Crippen LogP contribution in [0.3, 0.4) is 0 Å². The number of benzene rings is 2. The Bertz CT molecular complexity index is 856. The smallest absolute Gasteiger partial charge is 0.262 e. The van der Waals surface area contributed by atoms with Crippen molar-refractivity contribution < 1.29 is 23.8 Å². The third kappa shape index (κ3) is 4.42. The number of anilines is 1. The van der Waals surface area contributed by atoms with Crippen molar-refractivity contribution in [1.82, 2.24) is 0 Å². The van der Waals surface area contributed by atoms with Gasteiger partial charge in [-0.2, -0.15) is 5.26 Å². The van der Waals surface area contributed by atoms with Crippen LogP contribution in [0.25, 0.3) is 0 Å². The van der Waals surface area contributed by atoms with Crippen molar-refractivity contribution in [3.8, 4) is 23.3 Å². The molecule has 8 nitrogen and oxygen atoms in total. The van der Waals surface area contributed by atoms with Crippen LogP contribution in [0.15, 0.2) is 36.4 Å². The van der Waals surface area contributed by atoms with Gasteiger partial charge in [0.2, 0.25) is 0 Å². The summed E-state index contributed by atoms with van der Waals surface area (Å²) < 4.78 is 15.6. The molecule has 0 aliphatic carbocycles. The monoisotopic (exact) mass is 355 g/mol. The largest absolute Gasteiger partial charge is 0.493 e. The first-order chi connectivity index (χ1) is 12.5. The molecule has 2 rings (SSSR count). The number of carbonyl (C=O) groups is 2. The number of primary amides is 1. The molecular formula is C18H17N3O5. The molecule has 2 amide bonds. The normalized spacial score (nSPS) is 9.73. The Labute approximate surface area is 150 Å². The van der Waals surface area contributed by atoms with E-state index in [0.717, 1.165) is 0 Å². The average Bonchev–Trinajstić information content (AvgIpc) is 2.66. The van der Waals surface area contributed by atoms with Crippen LogP contribution in [0.5, 0.6) is 17.2 Å². The lowest BCUT2D eigenvalue weighted by molar-refractivity contribution is -0.118. The van der Waals surface area contributed by atoms with Gasteiger partial charge in [-0.15, -0.1) is 0 Å². The number of nitrogens with one attached hydrogen (secondary N) is 1. The van der Waals surface area contributed by atoms with E-state index in [2.05, 4.69) is 5.32 Å². The first kappa shape index (κ1) is 18.6. The molecule has 2 aromatic carbocycles. The van der Waals surface area contributed by atoms with Crippen LogP contribution < -0.4 is 25.3 Å². The van der Waals surface area contributed by atoms with Crippen LogP contribution >= 0.6 is 0 Å². The highest BCUT2D eigenvalue weighted by molar-refractivity contribution is 6.04. The zero-order valence-corrected chi connectivity index (χ0v) is 14.2. The maximum absolute atomic E-state index is 12.1. The van der Waals surface area contributed by atoms with Crippen LogP contribution in [0, 0.1) is 11.3 Å². The number of hydrogen-bond acceptors (Lipinski definition) is 6. The maximum atomic E-state index is 12.1. The van der Waals surface area contributed by atoms with Crippen molar-refractivity contribution in [1.29, 1.82) is 5.26 Å². The molecule has 0 heterocycles. The van der Waals surface area contributed by atoms with Gasteiger partial charge in [-0.1, -0.05) is 0 Å². The Kier molecular flexibility index (Phi) is 6.01. The molecule has 0 aliphatic heterocycles. The summed E-state index contributed by atoms with van der Waals surface area (Å²) in [5.74, 6) is -0.145. The van der Waals surface area contributed by atoms with Gasteiger partial charge in [-0.3, -0.25) is 9.59 Å². The minimum Gasteiger partial charge on any atom is -0.493 e. The van der Waals surface area contributed by atoms with E-state index in [1.807, 2.05) is 6.07 Å². The zero-order chi connectivity index (χ0) is 19.1. The number of rotatable bonds is 7. The molecular weight excluding hydrogens is 338 g/mol. The van der Waals surface area contributed by atoms with Crippen molar-refractivity contribution in [2.24, 2.45) is 5.73 Å². The molecule has 0 unspecified atom stereocenters. The predicted octanol–water partition coefficient (Wildman–Crippen LogP) is 1.69. The number of nitrogens with zero attached hydrogens (tertiary/aromatic N) is 1. The predicted molar refractivity (Wildman–Crippen MR) is 93.3 cm³/mol. The highest BCUT2D eigenvalue weighted by atomic mass is 16.5. The molecule has 8 heteroatoms. The third-order valence-electron chi connectivity index (χ3n) is 3.42. The fourth-order valence-corrected chi connectivity index (χ4v) is 2.15. The van der Waals surface area contributed by atoms with Gasteiger partial charge in [-0.05, 0) is 30.3 Å². The zero-order valence-electron chi connectivity index (χ0n) is 14.2. The quantitative estimate of drug-likeness (QED) is 0.779. The highest BCUT2D eigenvalue weighted by Crippen LogP contribution is 2.33. The lowest BCUT2D eigenvalue weighted by Crippen LogP contribution is -2.23. The molecule has 26 heavy (non-hydrogen) atoms. The van der Waals surface area contributed by atoms with E-state index in [9.17, 15) is 9.59 Å². The Balaban J connectivity index is 2.12. The second kappa shape index (κ2) is 8.39. The Hall–Kier alpha value is -3.73. The molecule has 2 aromatic rings. The average molecular weight is 355 g/mol. The standard InChI is InChI=1S/C18H17N3O5/c1-24-15-7-13(18(20)23)14(8-16(15)25-2)21-17(22)10-26-12-5-3-11(9-19)4-6-12/h3-8H,10H2,1-2H3,(H2,20,23)(H,21,22). The molecule has 3 N–H and O–H groups in total. The topological polar surface area (TPSA) is 124 Å². The summed E-state index contributed by atoms with van der Waals surface area (Å²) in [4.78, 5) is 23.8. The summed E-state index contributed by atoms with van der Waals surface area (Å²) in [6.07, 6.45) is 0. The van der Waals surface area contributed by atoms with Gasteiger partial charge in [-0.25, -0.2) is 0 Å². The molecule has 0 spiro atoms. The summed E-state index contributed by atoms with van der Waals surface area (Å²) in [5, 5.41) is 11.3. The Morgan fingerprint density at radius 3 is 2.27 bits per heavy atom. The van der Waals surface area contributed by atoms with Gasteiger partial charge < -0.3 is 25.3 Å². The molecule has 0 atom stereocenters. The van der Waals surface area contributed by atoms with Crippen LogP contribution in [-0.4, -0.2) is 32.6 Å². The first-order valence-corrected chi connectivity index (χ1v) is 7.47. The number of hydrogen-bond donors (Lipinski definition) is 2. The van der Waals surface area contributed by atoms with Crippen molar-refractivity contribution in [2.45, 2.75) is 0 Å². The minimum atomic E-state index is -0.728. The Morgan fingerprint density at radius 2 is 1.73 bits per heavy atom. The number of nitrogens with two attached hydrogens (primary N) is 1. The van der Waals surface area contributed by atoms with Crippen LogP contribution in [0.4, 0.5) is 5.69 Å². The molecule has 0 aromatic heterocycles. The van der Waals surface area contributed by atoms with Crippen molar-refractivity contribution in [3.63, 3.8) is 0 Å². The lowest BCUT2D eigenvalue weighted by Gasteiger charge is -2.14. The van der Waals surface area contributed by atoms with E-state index in [-0.39, 0.29) is 17.9 Å². The van der Waals surface area contributed by atoms with Crippen molar-refractivity contribution in [3.05, 3.63) is 47.5 Å². The number of nitriles is 1. The van der Waals surface area contributed by atoms with Gasteiger partial charge in [0.1, 0.15) is 5.75 Å². The van der Waals surface area contributed by atoms with Crippen molar-refractivity contribution >= 4 is 17.5 Å². The summed E-state index contributed by atoms with van der Waals surface area (Å²) in [6, 6.07) is 11.1. The molecule has 0 bridgehead atoms. The summed E-state index contributed by atoms with van der Waals surface area (Å²) in [5.41, 5.74) is 6.10. The minimum absolute atomic E-state index is 0.0781. The third-order valence-corrected chi connectivity index (χ3v) is 3.42. The maximum Gasteiger partial charge on any atom is 0.262 e. The van der Waals surface area contributed by atoms with E-state index in [4.69, 9.17) is 25.2 Å². The molecule has 134 valence electrons. The second-order valence-corrected chi connectivity index (χ2v) is 5.09. The van der Waals surface area contributed by atoms with Gasteiger partial charge in [0, 0.05) is 6.07 Å². The van der Waals surface area contributed by atoms with E-state index in [1.54, 1.807) is 24.3 Å². The van der Waals surface area contributed by atoms with E-state index in [1.165, 1.54) is 26.4 Å². The van der Waals surface area contributed by atoms with E-state index in [0.29, 0.717) is 22.8 Å². The van der Waals surface area contributed by atoms with Crippen molar-refractivity contribution in [2.75, 3.05) is 26.1 Å². The van der Waals surface area contributed by atoms with E-state index < -0.39 is 11.8 Å². The Morgan fingerprint density at radius 1 is 1.12 bits per heavy atom. The summed E-state index contributed by atoms with van der Waals surface area (Å²) >= 11 is 0. The molecule has 0 aliphatic rings. The number of methoxy groups -OCH3 is 2. The first-order valence-electron chi connectivity index (χ1n) is 7.47. The van der Waals surface area contributed by atoms with Crippen LogP contribution in [0.2, 0.25) is 0 Å². The lowest BCUT2D eigenvalue weighted by atomic mass is 10.1. The number of ether oxygens (including phenoxy) is 3. The van der Waals surface area contributed by atoms with Gasteiger partial charge in [0.15, 0.2) is 18.1 Å². The highest BCUT2D eigenvalue weighted by Gasteiger charge is 2.17. The number of carbonyl (C=O) groups excluding carboxylic acids is 2. The van der Waals surface area contributed by atoms with Gasteiger partial charge in [0.05, 0.1) is 37.1 Å². The summed E-state index contributed by atoms with van der Waals surface area (Å²) in [7, 11) is 2.85. The molecule has 0 fully saturated rings.